The van der Waals surface area contributed by atoms with E-state index >= 15 is 0 Å². The third kappa shape index (κ3) is 4.23. The quantitative estimate of drug-likeness (QED) is 0.803. The van der Waals surface area contributed by atoms with Gasteiger partial charge in [0.1, 0.15) is 5.69 Å². The Balaban J connectivity index is 2.20. The lowest BCUT2D eigenvalue weighted by atomic mass is 10.1. The molecular formula is C18H22ClN3O2. The minimum Gasteiger partial charge on any atom is -0.334 e. The summed E-state index contributed by atoms with van der Waals surface area (Å²) in [6.07, 6.45) is 1.81. The van der Waals surface area contributed by atoms with Crippen LogP contribution < -0.4 is 5.56 Å². The number of hydrogen-bond donors (Lipinski definition) is 0. The van der Waals surface area contributed by atoms with Crippen molar-refractivity contribution in [3.05, 3.63) is 63.0 Å². The topological polar surface area (TPSA) is 55.2 Å². The van der Waals surface area contributed by atoms with Gasteiger partial charge in [0.2, 0.25) is 0 Å². The highest BCUT2D eigenvalue weighted by molar-refractivity contribution is 6.30. The van der Waals surface area contributed by atoms with Gasteiger partial charge in [0.25, 0.3) is 11.5 Å². The van der Waals surface area contributed by atoms with E-state index < -0.39 is 0 Å². The van der Waals surface area contributed by atoms with Crippen molar-refractivity contribution in [3.63, 3.8) is 0 Å². The average Bonchev–Trinajstić information content (AvgIpc) is 2.60. The van der Waals surface area contributed by atoms with E-state index in [1.165, 1.54) is 16.8 Å². The molecule has 1 unspecified atom stereocenters. The molecule has 0 N–H and O–H groups in total. The van der Waals surface area contributed by atoms with Crippen LogP contribution in [0.2, 0.25) is 5.02 Å². The van der Waals surface area contributed by atoms with E-state index in [0.29, 0.717) is 11.6 Å². The van der Waals surface area contributed by atoms with Crippen molar-refractivity contribution >= 4 is 17.5 Å². The Labute approximate surface area is 146 Å². The van der Waals surface area contributed by atoms with Gasteiger partial charge in [-0.2, -0.15) is 5.10 Å². The summed E-state index contributed by atoms with van der Waals surface area (Å²) in [7, 11) is 1.73. The van der Waals surface area contributed by atoms with Crippen LogP contribution >= 0.6 is 11.6 Å². The van der Waals surface area contributed by atoms with Gasteiger partial charge in [0, 0.05) is 24.7 Å². The van der Waals surface area contributed by atoms with E-state index in [0.717, 1.165) is 18.4 Å². The fraction of sp³-hybridized carbons (Fsp3) is 0.389. The summed E-state index contributed by atoms with van der Waals surface area (Å²) in [6, 6.07) is 10.1. The molecule has 24 heavy (non-hydrogen) atoms. The number of carbonyl (C=O) groups excluding carboxylic acids is 1. The van der Waals surface area contributed by atoms with Crippen LogP contribution in [0.25, 0.3) is 0 Å². The van der Waals surface area contributed by atoms with Crippen molar-refractivity contribution in [2.75, 3.05) is 7.05 Å². The van der Waals surface area contributed by atoms with Gasteiger partial charge < -0.3 is 4.90 Å². The molecule has 1 amide bonds. The molecule has 6 heteroatoms. The normalized spacial score (nSPS) is 12.0. The third-order valence-electron chi connectivity index (χ3n) is 4.06. The fourth-order valence-electron chi connectivity index (χ4n) is 2.35. The number of unbranched alkanes of at least 4 members (excludes halogenated alkanes) is 1. The number of aryl methyl sites for hydroxylation is 1. The van der Waals surface area contributed by atoms with Gasteiger partial charge in [-0.05, 0) is 37.1 Å². The standard InChI is InChI=1S/C18H22ClN3O2/c1-4-5-12-22-17(23)11-10-16(20-22)18(24)21(3)13(2)14-6-8-15(19)9-7-14/h6-11,13H,4-5,12H2,1-3H3. The number of aromatic nitrogens is 2. The lowest BCUT2D eigenvalue weighted by molar-refractivity contribution is 0.0733. The Morgan fingerprint density at radius 3 is 2.54 bits per heavy atom. The number of carbonyl (C=O) groups is 1. The van der Waals surface area contributed by atoms with Gasteiger partial charge >= 0.3 is 0 Å². The zero-order chi connectivity index (χ0) is 17.7. The SMILES string of the molecule is CCCCn1nc(C(=O)N(C)C(C)c2ccc(Cl)cc2)ccc1=O. The van der Waals surface area contributed by atoms with E-state index in [2.05, 4.69) is 5.10 Å². The van der Waals surface area contributed by atoms with Crippen molar-refractivity contribution < 1.29 is 4.79 Å². The second-order valence-corrected chi connectivity index (χ2v) is 6.21. The maximum absolute atomic E-state index is 12.7. The first kappa shape index (κ1) is 18.2. The summed E-state index contributed by atoms with van der Waals surface area (Å²) in [4.78, 5) is 26.1. The minimum absolute atomic E-state index is 0.132. The zero-order valence-electron chi connectivity index (χ0n) is 14.2. The van der Waals surface area contributed by atoms with Crippen LogP contribution in [-0.2, 0) is 6.54 Å². The molecule has 2 rings (SSSR count). The molecule has 0 bridgehead atoms. The van der Waals surface area contributed by atoms with Crippen molar-refractivity contribution in [2.24, 2.45) is 0 Å². The number of rotatable bonds is 6. The summed E-state index contributed by atoms with van der Waals surface area (Å²) in [5.74, 6) is -0.220. The minimum atomic E-state index is -0.220. The molecule has 1 aromatic carbocycles. The van der Waals surface area contributed by atoms with E-state index in [1.807, 2.05) is 26.0 Å². The first-order valence-electron chi connectivity index (χ1n) is 8.04. The predicted octanol–water partition coefficient (Wildman–Crippen LogP) is 3.53. The Bertz CT molecular complexity index is 756. The lowest BCUT2D eigenvalue weighted by Gasteiger charge is -2.25. The number of halogens is 1. The van der Waals surface area contributed by atoms with Crippen molar-refractivity contribution in [1.82, 2.24) is 14.7 Å². The number of amides is 1. The maximum Gasteiger partial charge on any atom is 0.274 e. The van der Waals surface area contributed by atoms with Crippen LogP contribution in [-0.4, -0.2) is 27.6 Å². The monoisotopic (exact) mass is 347 g/mol. The molecule has 0 spiro atoms. The summed E-state index contributed by atoms with van der Waals surface area (Å²) < 4.78 is 1.36. The molecule has 2 aromatic rings. The van der Waals surface area contributed by atoms with Gasteiger partial charge in [-0.15, -0.1) is 0 Å². The van der Waals surface area contributed by atoms with Crippen molar-refractivity contribution in [2.45, 2.75) is 39.3 Å². The Kier molecular flexibility index (Phi) is 6.15. The molecule has 0 aliphatic rings. The molecule has 128 valence electrons. The number of hydrogen-bond acceptors (Lipinski definition) is 3. The Morgan fingerprint density at radius 1 is 1.25 bits per heavy atom. The predicted molar refractivity (Wildman–Crippen MR) is 95.4 cm³/mol. The largest absolute Gasteiger partial charge is 0.334 e. The first-order chi connectivity index (χ1) is 11.4. The first-order valence-corrected chi connectivity index (χ1v) is 8.42. The second kappa shape index (κ2) is 8.11. The van der Waals surface area contributed by atoms with Crippen LogP contribution in [0, 0.1) is 0 Å². The molecule has 1 aromatic heterocycles. The Morgan fingerprint density at radius 2 is 1.92 bits per heavy atom. The van der Waals surface area contributed by atoms with E-state index in [4.69, 9.17) is 11.6 Å². The van der Waals surface area contributed by atoms with E-state index in [1.54, 1.807) is 24.1 Å². The van der Waals surface area contributed by atoms with E-state index in [9.17, 15) is 9.59 Å². The van der Waals surface area contributed by atoms with Crippen LogP contribution in [0.5, 0.6) is 0 Å². The van der Waals surface area contributed by atoms with E-state index in [-0.39, 0.29) is 23.2 Å². The second-order valence-electron chi connectivity index (χ2n) is 5.78. The smallest absolute Gasteiger partial charge is 0.274 e. The third-order valence-corrected chi connectivity index (χ3v) is 4.31. The van der Waals surface area contributed by atoms with Crippen LogP contribution in [0.4, 0.5) is 0 Å². The van der Waals surface area contributed by atoms with Crippen molar-refractivity contribution in [1.29, 1.82) is 0 Å². The Hall–Kier alpha value is -2.14. The van der Waals surface area contributed by atoms with Gasteiger partial charge in [0.15, 0.2) is 0 Å². The number of nitrogens with zero attached hydrogens (tertiary/aromatic N) is 3. The average molecular weight is 348 g/mol. The summed E-state index contributed by atoms with van der Waals surface area (Å²) in [5.41, 5.74) is 1.07. The van der Waals surface area contributed by atoms with Crippen LogP contribution in [0.15, 0.2) is 41.2 Å². The van der Waals surface area contributed by atoms with Gasteiger partial charge in [-0.3, -0.25) is 9.59 Å². The summed E-state index contributed by atoms with van der Waals surface area (Å²) >= 11 is 5.91. The molecule has 0 aliphatic carbocycles. The molecular weight excluding hydrogens is 326 g/mol. The van der Waals surface area contributed by atoms with Crippen LogP contribution in [0.1, 0.15) is 48.8 Å². The van der Waals surface area contributed by atoms with Gasteiger partial charge in [-0.25, -0.2) is 4.68 Å². The lowest BCUT2D eigenvalue weighted by Crippen LogP contribution is -2.33. The number of benzene rings is 1. The molecule has 0 fully saturated rings. The molecule has 0 aliphatic heterocycles. The van der Waals surface area contributed by atoms with Gasteiger partial charge in [0.05, 0.1) is 6.04 Å². The molecule has 0 radical (unpaired) electrons. The van der Waals surface area contributed by atoms with Gasteiger partial charge in [-0.1, -0.05) is 37.1 Å². The maximum atomic E-state index is 12.7. The summed E-state index contributed by atoms with van der Waals surface area (Å²) in [6.45, 7) is 4.50. The highest BCUT2D eigenvalue weighted by Gasteiger charge is 2.20. The molecule has 0 saturated carbocycles. The molecule has 5 nitrogen and oxygen atoms in total. The zero-order valence-corrected chi connectivity index (χ0v) is 15.0. The molecule has 1 heterocycles. The fourth-order valence-corrected chi connectivity index (χ4v) is 2.48. The molecule has 0 saturated heterocycles. The highest BCUT2D eigenvalue weighted by atomic mass is 35.5. The van der Waals surface area contributed by atoms with Crippen LogP contribution in [0.3, 0.4) is 0 Å². The highest BCUT2D eigenvalue weighted by Crippen LogP contribution is 2.21. The summed E-state index contributed by atoms with van der Waals surface area (Å²) in [5, 5.41) is 4.87. The van der Waals surface area contributed by atoms with Crippen molar-refractivity contribution in [3.8, 4) is 0 Å². The molecule has 1 atom stereocenters.